The average Bonchev–Trinajstić information content (AvgIpc) is 2.43. The molecule has 68 valence electrons. The normalized spacial score (nSPS) is 10.2. The summed E-state index contributed by atoms with van der Waals surface area (Å²) < 4.78 is 1.72. The number of rotatable bonds is 4. The molecular formula is C7H15N5. The van der Waals surface area contributed by atoms with Gasteiger partial charge in [-0.05, 0) is 6.42 Å². The lowest BCUT2D eigenvalue weighted by molar-refractivity contribution is 0.579. The molecule has 1 heterocycles. The summed E-state index contributed by atoms with van der Waals surface area (Å²) in [5, 5.41) is 6.98. The van der Waals surface area contributed by atoms with Crippen molar-refractivity contribution < 1.29 is 0 Å². The highest BCUT2D eigenvalue weighted by atomic mass is 15.4. The zero-order valence-corrected chi connectivity index (χ0v) is 7.54. The fourth-order valence-electron chi connectivity index (χ4n) is 0.932. The van der Waals surface area contributed by atoms with Crippen LogP contribution < -0.4 is 11.1 Å². The Balaban J connectivity index is 2.64. The molecule has 3 N–H and O–H groups in total. The summed E-state index contributed by atoms with van der Waals surface area (Å²) in [4.78, 5) is 4.00. The molecule has 0 atom stereocenters. The summed E-state index contributed by atoms with van der Waals surface area (Å²) in [6.07, 6.45) is 2.21. The molecule has 0 saturated heterocycles. The molecule has 1 rings (SSSR count). The van der Waals surface area contributed by atoms with E-state index in [2.05, 4.69) is 22.3 Å². The van der Waals surface area contributed by atoms with Gasteiger partial charge in [-0.2, -0.15) is 4.98 Å². The Labute approximate surface area is 72.0 Å². The SMILES string of the molecule is CCCCn1nc(NC)nc1N. The third-order valence-electron chi connectivity index (χ3n) is 1.65. The molecule has 1 aromatic rings. The minimum absolute atomic E-state index is 0.479. The number of nitrogens with two attached hydrogens (primary N) is 1. The smallest absolute Gasteiger partial charge is 0.243 e. The van der Waals surface area contributed by atoms with Crippen LogP contribution in [-0.4, -0.2) is 21.8 Å². The van der Waals surface area contributed by atoms with Crippen LogP contribution in [0.3, 0.4) is 0 Å². The van der Waals surface area contributed by atoms with Gasteiger partial charge >= 0.3 is 0 Å². The maximum absolute atomic E-state index is 5.61. The van der Waals surface area contributed by atoms with Gasteiger partial charge in [-0.3, -0.25) is 0 Å². The van der Waals surface area contributed by atoms with Crippen LogP contribution in [0.15, 0.2) is 0 Å². The molecule has 0 bridgehead atoms. The third kappa shape index (κ3) is 1.87. The van der Waals surface area contributed by atoms with Gasteiger partial charge in [0.25, 0.3) is 0 Å². The van der Waals surface area contributed by atoms with Gasteiger partial charge in [-0.15, -0.1) is 5.10 Å². The summed E-state index contributed by atoms with van der Waals surface area (Å²) >= 11 is 0. The molecule has 5 nitrogen and oxygen atoms in total. The molecule has 5 heteroatoms. The molecule has 0 amide bonds. The second-order valence-electron chi connectivity index (χ2n) is 2.62. The Morgan fingerprint density at radius 3 is 2.83 bits per heavy atom. The molecule has 1 aromatic heterocycles. The number of nitrogens with one attached hydrogen (secondary N) is 1. The highest BCUT2D eigenvalue weighted by Gasteiger charge is 2.03. The van der Waals surface area contributed by atoms with Gasteiger partial charge in [0.15, 0.2) is 0 Å². The summed E-state index contributed by atoms with van der Waals surface area (Å²) in [7, 11) is 1.78. The van der Waals surface area contributed by atoms with E-state index in [4.69, 9.17) is 5.73 Å². The first-order valence-electron chi connectivity index (χ1n) is 4.16. The summed E-state index contributed by atoms with van der Waals surface area (Å²) in [6.45, 7) is 2.98. The second kappa shape index (κ2) is 3.94. The fraction of sp³-hybridized carbons (Fsp3) is 0.714. The number of hydrogen-bond donors (Lipinski definition) is 2. The first-order valence-corrected chi connectivity index (χ1v) is 4.16. The fourth-order valence-corrected chi connectivity index (χ4v) is 0.932. The van der Waals surface area contributed by atoms with Crippen molar-refractivity contribution in [1.29, 1.82) is 0 Å². The van der Waals surface area contributed by atoms with Gasteiger partial charge in [0.2, 0.25) is 11.9 Å². The van der Waals surface area contributed by atoms with Crippen molar-refractivity contribution in [2.24, 2.45) is 0 Å². The first kappa shape index (κ1) is 8.83. The van der Waals surface area contributed by atoms with E-state index in [0.29, 0.717) is 11.9 Å². The van der Waals surface area contributed by atoms with E-state index in [9.17, 15) is 0 Å². The van der Waals surface area contributed by atoms with Crippen LogP contribution in [0.2, 0.25) is 0 Å². The van der Waals surface area contributed by atoms with Gasteiger partial charge in [0.1, 0.15) is 0 Å². The quantitative estimate of drug-likeness (QED) is 0.696. The molecule has 12 heavy (non-hydrogen) atoms. The predicted octanol–water partition coefficient (Wildman–Crippen LogP) is 0.702. The van der Waals surface area contributed by atoms with Crippen LogP contribution in [0, 0.1) is 0 Å². The van der Waals surface area contributed by atoms with Gasteiger partial charge in [0.05, 0.1) is 0 Å². The minimum Gasteiger partial charge on any atom is -0.368 e. The molecule has 0 radical (unpaired) electrons. The van der Waals surface area contributed by atoms with Crippen molar-refractivity contribution in [3.63, 3.8) is 0 Å². The van der Waals surface area contributed by atoms with Crippen molar-refractivity contribution in [3.05, 3.63) is 0 Å². The topological polar surface area (TPSA) is 68.8 Å². The number of unbranched alkanes of at least 4 members (excludes halogenated alkanes) is 1. The van der Waals surface area contributed by atoms with Crippen molar-refractivity contribution in [2.45, 2.75) is 26.3 Å². The highest BCUT2D eigenvalue weighted by molar-refractivity contribution is 5.30. The lowest BCUT2D eigenvalue weighted by Crippen LogP contribution is -2.04. The summed E-state index contributed by atoms with van der Waals surface area (Å²) in [6, 6.07) is 0. The van der Waals surface area contributed by atoms with Crippen LogP contribution in [0.1, 0.15) is 19.8 Å². The zero-order valence-electron chi connectivity index (χ0n) is 7.54. The van der Waals surface area contributed by atoms with E-state index in [1.807, 2.05) is 0 Å². The monoisotopic (exact) mass is 169 g/mol. The molecule has 0 fully saturated rings. The summed E-state index contributed by atoms with van der Waals surface area (Å²) in [5.41, 5.74) is 5.61. The van der Waals surface area contributed by atoms with Gasteiger partial charge in [-0.25, -0.2) is 4.68 Å². The van der Waals surface area contributed by atoms with Gasteiger partial charge in [0, 0.05) is 13.6 Å². The Morgan fingerprint density at radius 2 is 2.33 bits per heavy atom. The Kier molecular flexibility index (Phi) is 2.90. The molecule has 0 spiro atoms. The molecule has 0 saturated carbocycles. The first-order chi connectivity index (χ1) is 5.77. The van der Waals surface area contributed by atoms with Gasteiger partial charge < -0.3 is 11.1 Å². The van der Waals surface area contributed by atoms with E-state index in [0.717, 1.165) is 19.4 Å². The van der Waals surface area contributed by atoms with Crippen molar-refractivity contribution in [2.75, 3.05) is 18.1 Å². The lowest BCUT2D eigenvalue weighted by atomic mass is 10.3. The number of hydrogen-bond acceptors (Lipinski definition) is 4. The number of anilines is 2. The largest absolute Gasteiger partial charge is 0.368 e. The van der Waals surface area contributed by atoms with Crippen molar-refractivity contribution in [1.82, 2.24) is 14.8 Å². The van der Waals surface area contributed by atoms with Crippen molar-refractivity contribution >= 4 is 11.9 Å². The van der Waals surface area contributed by atoms with E-state index in [1.165, 1.54) is 0 Å². The highest BCUT2D eigenvalue weighted by Crippen LogP contribution is 2.05. The van der Waals surface area contributed by atoms with Crippen LogP contribution in [0.5, 0.6) is 0 Å². The Bertz CT molecular complexity index is 242. The third-order valence-corrected chi connectivity index (χ3v) is 1.65. The Morgan fingerprint density at radius 1 is 1.58 bits per heavy atom. The molecule has 0 aliphatic rings. The summed E-state index contributed by atoms with van der Waals surface area (Å²) in [5.74, 6) is 1.07. The van der Waals surface area contributed by atoms with Gasteiger partial charge in [-0.1, -0.05) is 13.3 Å². The van der Waals surface area contributed by atoms with Crippen molar-refractivity contribution in [3.8, 4) is 0 Å². The van der Waals surface area contributed by atoms with E-state index in [-0.39, 0.29) is 0 Å². The number of aryl methyl sites for hydroxylation is 1. The van der Waals surface area contributed by atoms with Crippen LogP contribution in [0.4, 0.5) is 11.9 Å². The zero-order chi connectivity index (χ0) is 8.97. The molecule has 0 unspecified atom stereocenters. The van der Waals surface area contributed by atoms with E-state index < -0.39 is 0 Å². The van der Waals surface area contributed by atoms with Crippen LogP contribution in [0.25, 0.3) is 0 Å². The average molecular weight is 169 g/mol. The molecule has 0 aliphatic heterocycles. The second-order valence-corrected chi connectivity index (χ2v) is 2.62. The molecule has 0 aromatic carbocycles. The maximum atomic E-state index is 5.61. The number of aromatic nitrogens is 3. The maximum Gasteiger partial charge on any atom is 0.243 e. The Hall–Kier alpha value is -1.26. The minimum atomic E-state index is 0.479. The van der Waals surface area contributed by atoms with E-state index in [1.54, 1.807) is 11.7 Å². The molecular weight excluding hydrogens is 154 g/mol. The van der Waals surface area contributed by atoms with Crippen LogP contribution in [-0.2, 0) is 6.54 Å². The molecule has 0 aliphatic carbocycles. The standard InChI is InChI=1S/C7H15N5/c1-3-4-5-12-6(8)10-7(9-2)11-12/h3-5H2,1-2H3,(H3,8,9,10,11). The van der Waals surface area contributed by atoms with Crippen LogP contribution >= 0.6 is 0 Å². The number of nitrogens with zero attached hydrogens (tertiary/aromatic N) is 3. The number of nitrogen functional groups attached to an aromatic ring is 1. The van der Waals surface area contributed by atoms with E-state index >= 15 is 0 Å². The predicted molar refractivity (Wildman–Crippen MR) is 48.9 cm³/mol. The lowest BCUT2D eigenvalue weighted by Gasteiger charge is -1.98.